The number of ketones is 1. The second-order valence-corrected chi connectivity index (χ2v) is 9.57. The highest BCUT2D eigenvalue weighted by Gasteiger charge is 2.78. The van der Waals surface area contributed by atoms with Crippen molar-refractivity contribution in [2.75, 3.05) is 0 Å². The van der Waals surface area contributed by atoms with Crippen molar-refractivity contribution in [1.82, 2.24) is 0 Å². The Bertz CT molecular complexity index is 629. The van der Waals surface area contributed by atoms with E-state index in [0.29, 0.717) is 42.8 Å². The van der Waals surface area contributed by atoms with Crippen molar-refractivity contribution in [3.05, 3.63) is 0 Å². The average Bonchev–Trinajstić information content (AvgIpc) is 3.18. The zero-order valence-electron chi connectivity index (χ0n) is 15.5. The predicted octanol–water partition coefficient (Wildman–Crippen LogP) is 3.81. The van der Waals surface area contributed by atoms with E-state index in [0.717, 1.165) is 25.7 Å². The molecule has 1 saturated heterocycles. The Morgan fingerprint density at radius 3 is 2.80 bits per heavy atom. The summed E-state index contributed by atoms with van der Waals surface area (Å²) in [5.41, 5.74) is 0.0648. The first kappa shape index (κ1) is 16.3. The lowest BCUT2D eigenvalue weighted by Gasteiger charge is -2.52. The lowest BCUT2D eigenvalue weighted by Crippen LogP contribution is -2.54. The molecule has 5 fully saturated rings. The van der Waals surface area contributed by atoms with Crippen LogP contribution in [-0.4, -0.2) is 29.1 Å². The molecule has 4 nitrogen and oxygen atoms in total. The molecule has 4 aliphatic carbocycles. The molecular weight excluding hydrogens is 316 g/mol. The van der Waals surface area contributed by atoms with Crippen molar-refractivity contribution in [1.29, 1.82) is 0 Å². The van der Waals surface area contributed by atoms with Gasteiger partial charge in [-0.05, 0) is 62.7 Å². The van der Waals surface area contributed by atoms with Gasteiger partial charge in [-0.15, -0.1) is 0 Å². The van der Waals surface area contributed by atoms with Gasteiger partial charge in [0.2, 0.25) is 0 Å². The summed E-state index contributed by atoms with van der Waals surface area (Å²) in [6.07, 6.45) is 9.65. The first-order chi connectivity index (χ1) is 11.9. The molecule has 138 valence electrons. The molecule has 0 aromatic rings. The zero-order valence-corrected chi connectivity index (χ0v) is 15.5. The standard InChI is InChI=1S/C21H30O4/c1-3-18(23)24-17-5-4-15-14-7-10-20-12-13(22)6-11-21(20,25-20)16(14)8-9-19(15,17)2/h14-17H,3-12H2,1-2H3/t14-,15-,16-,17-,19-,20-,21-/m0/s1. The highest BCUT2D eigenvalue weighted by molar-refractivity contribution is 5.82. The van der Waals surface area contributed by atoms with E-state index in [1.807, 2.05) is 6.92 Å². The van der Waals surface area contributed by atoms with Gasteiger partial charge >= 0.3 is 5.97 Å². The van der Waals surface area contributed by atoms with Crippen LogP contribution in [0.25, 0.3) is 0 Å². The monoisotopic (exact) mass is 346 g/mol. The number of fused-ring (bicyclic) bond motifs is 3. The van der Waals surface area contributed by atoms with Crippen molar-refractivity contribution >= 4 is 11.8 Å². The van der Waals surface area contributed by atoms with E-state index in [4.69, 9.17) is 9.47 Å². The summed E-state index contributed by atoms with van der Waals surface area (Å²) in [4.78, 5) is 23.9. The third-order valence-electron chi connectivity index (χ3n) is 8.76. The van der Waals surface area contributed by atoms with Crippen LogP contribution in [0.2, 0.25) is 0 Å². The van der Waals surface area contributed by atoms with E-state index in [9.17, 15) is 9.59 Å². The molecule has 4 saturated carbocycles. The lowest BCUT2D eigenvalue weighted by atomic mass is 9.50. The fourth-order valence-electron chi connectivity index (χ4n) is 7.53. The third-order valence-corrected chi connectivity index (χ3v) is 8.76. The van der Waals surface area contributed by atoms with Crippen LogP contribution in [0.1, 0.15) is 78.1 Å². The molecule has 0 unspecified atom stereocenters. The third kappa shape index (κ3) is 1.98. The summed E-state index contributed by atoms with van der Waals surface area (Å²) in [5.74, 6) is 2.31. The molecule has 1 aliphatic heterocycles. The van der Waals surface area contributed by atoms with Gasteiger partial charge in [-0.3, -0.25) is 9.59 Å². The van der Waals surface area contributed by atoms with Gasteiger partial charge in [0.15, 0.2) is 0 Å². The minimum Gasteiger partial charge on any atom is -0.462 e. The number of hydrogen-bond acceptors (Lipinski definition) is 4. The SMILES string of the molecule is CCC(=O)O[C@H]1CC[C@H]2[C@@H]3CC[C@]45CC(=O)CC[C@]4(O5)[C@H]3CC[C@]12C. The summed E-state index contributed by atoms with van der Waals surface area (Å²) in [5, 5.41) is 0. The fourth-order valence-corrected chi connectivity index (χ4v) is 7.53. The van der Waals surface area contributed by atoms with E-state index in [-0.39, 0.29) is 28.7 Å². The maximum absolute atomic E-state index is 12.0. The van der Waals surface area contributed by atoms with Crippen LogP contribution in [0.4, 0.5) is 0 Å². The van der Waals surface area contributed by atoms with Gasteiger partial charge in [0, 0.05) is 24.7 Å². The Kier molecular flexibility index (Phi) is 3.31. The Morgan fingerprint density at radius 1 is 1.16 bits per heavy atom. The van der Waals surface area contributed by atoms with Crippen LogP contribution in [0.5, 0.6) is 0 Å². The van der Waals surface area contributed by atoms with Crippen molar-refractivity contribution < 1.29 is 19.1 Å². The van der Waals surface area contributed by atoms with Crippen molar-refractivity contribution in [2.45, 2.75) is 95.4 Å². The largest absolute Gasteiger partial charge is 0.462 e. The van der Waals surface area contributed by atoms with Gasteiger partial charge in [-0.1, -0.05) is 13.8 Å². The van der Waals surface area contributed by atoms with E-state index >= 15 is 0 Å². The van der Waals surface area contributed by atoms with E-state index in [2.05, 4.69) is 6.92 Å². The Labute approximate surface area is 150 Å². The van der Waals surface area contributed by atoms with Crippen LogP contribution in [-0.2, 0) is 19.1 Å². The Morgan fingerprint density at radius 2 is 2.00 bits per heavy atom. The molecule has 0 N–H and O–H groups in total. The molecule has 0 aromatic carbocycles. The van der Waals surface area contributed by atoms with E-state index in [1.165, 1.54) is 19.3 Å². The number of carbonyl (C=O) groups is 2. The average molecular weight is 346 g/mol. The second-order valence-electron chi connectivity index (χ2n) is 9.57. The highest BCUT2D eigenvalue weighted by atomic mass is 16.6. The zero-order chi connectivity index (χ0) is 17.4. The number of esters is 1. The van der Waals surface area contributed by atoms with Crippen molar-refractivity contribution in [3.8, 4) is 0 Å². The molecule has 25 heavy (non-hydrogen) atoms. The molecule has 5 rings (SSSR count). The second kappa shape index (κ2) is 5.09. The summed E-state index contributed by atoms with van der Waals surface area (Å²) in [6.45, 7) is 4.24. The number of epoxide rings is 1. The van der Waals surface area contributed by atoms with Gasteiger partial charge in [-0.25, -0.2) is 0 Å². The number of Topliss-reactive ketones (excluding diaryl/α,β-unsaturated/α-hetero) is 1. The van der Waals surface area contributed by atoms with Crippen LogP contribution in [0.15, 0.2) is 0 Å². The first-order valence-electron chi connectivity index (χ1n) is 10.4. The van der Waals surface area contributed by atoms with Crippen LogP contribution >= 0.6 is 0 Å². The van der Waals surface area contributed by atoms with Gasteiger partial charge in [-0.2, -0.15) is 0 Å². The van der Waals surface area contributed by atoms with Gasteiger partial charge < -0.3 is 9.47 Å². The summed E-state index contributed by atoms with van der Waals surface area (Å²) < 4.78 is 12.3. The normalized spacial score (nSPS) is 53.3. The molecule has 0 spiro atoms. The molecule has 0 radical (unpaired) electrons. The number of ether oxygens (including phenoxy) is 2. The van der Waals surface area contributed by atoms with Crippen molar-refractivity contribution in [2.24, 2.45) is 23.2 Å². The molecule has 5 aliphatic rings. The quantitative estimate of drug-likeness (QED) is 0.564. The van der Waals surface area contributed by atoms with E-state index in [1.54, 1.807) is 0 Å². The lowest BCUT2D eigenvalue weighted by molar-refractivity contribution is -0.158. The highest BCUT2D eigenvalue weighted by Crippen LogP contribution is 2.73. The number of hydrogen-bond donors (Lipinski definition) is 0. The van der Waals surface area contributed by atoms with Gasteiger partial charge in [0.25, 0.3) is 0 Å². The van der Waals surface area contributed by atoms with Crippen molar-refractivity contribution in [3.63, 3.8) is 0 Å². The smallest absolute Gasteiger partial charge is 0.305 e. The molecule has 1 heterocycles. The molecule has 7 atom stereocenters. The fraction of sp³-hybridized carbons (Fsp3) is 0.905. The maximum atomic E-state index is 12.0. The Hall–Kier alpha value is -0.900. The summed E-state index contributed by atoms with van der Waals surface area (Å²) >= 11 is 0. The molecular formula is C21H30O4. The van der Waals surface area contributed by atoms with Crippen LogP contribution in [0, 0.1) is 23.2 Å². The first-order valence-corrected chi connectivity index (χ1v) is 10.4. The number of rotatable bonds is 2. The molecule has 0 bridgehead atoms. The summed E-state index contributed by atoms with van der Waals surface area (Å²) in [7, 11) is 0. The van der Waals surface area contributed by atoms with Gasteiger partial charge in [0.05, 0.1) is 0 Å². The molecule has 0 aromatic heterocycles. The minimum atomic E-state index is -0.0933. The topological polar surface area (TPSA) is 55.9 Å². The van der Waals surface area contributed by atoms with Crippen LogP contribution in [0.3, 0.4) is 0 Å². The molecule has 4 heteroatoms. The predicted molar refractivity (Wildman–Crippen MR) is 91.9 cm³/mol. The maximum Gasteiger partial charge on any atom is 0.305 e. The number of carbonyl (C=O) groups excluding carboxylic acids is 2. The minimum absolute atomic E-state index is 0.0172. The van der Waals surface area contributed by atoms with Crippen LogP contribution < -0.4 is 0 Å². The van der Waals surface area contributed by atoms with Gasteiger partial charge in [0.1, 0.15) is 23.1 Å². The van der Waals surface area contributed by atoms with E-state index < -0.39 is 0 Å². The summed E-state index contributed by atoms with van der Waals surface area (Å²) in [6, 6.07) is 0. The molecule has 0 amide bonds. The Balaban J connectivity index is 1.39.